The molecule has 24 heavy (non-hydrogen) atoms. The molecule has 1 heterocycles. The van der Waals surface area contributed by atoms with E-state index < -0.39 is 16.9 Å². The van der Waals surface area contributed by atoms with Crippen LogP contribution < -0.4 is 61.6 Å². The van der Waals surface area contributed by atoms with Gasteiger partial charge in [0, 0.05) is 17.7 Å². The fourth-order valence-electron chi connectivity index (χ4n) is 2.28. The standard InChI is InChI=1S/C16H12O7.K/c1-22-11-5-8(17)6-12-13(11)14(20)15(21)16(23-12)7-2-3-9(18)10(19)4-7;/h2-6,17-19,21H,1H3;/q;+1. The number of rotatable bonds is 2. The van der Waals surface area contributed by atoms with Crippen molar-refractivity contribution in [2.75, 3.05) is 7.11 Å². The zero-order valence-electron chi connectivity index (χ0n) is 12.9. The van der Waals surface area contributed by atoms with Gasteiger partial charge < -0.3 is 29.6 Å². The van der Waals surface area contributed by atoms with Crippen LogP contribution in [0.3, 0.4) is 0 Å². The summed E-state index contributed by atoms with van der Waals surface area (Å²) in [7, 11) is 1.32. The van der Waals surface area contributed by atoms with Crippen molar-refractivity contribution >= 4 is 11.0 Å². The van der Waals surface area contributed by atoms with E-state index >= 15 is 0 Å². The summed E-state index contributed by atoms with van der Waals surface area (Å²) in [6.45, 7) is 0. The van der Waals surface area contributed by atoms with Gasteiger partial charge in [-0.1, -0.05) is 0 Å². The summed E-state index contributed by atoms with van der Waals surface area (Å²) in [4.78, 5) is 12.4. The Morgan fingerprint density at radius 2 is 1.71 bits per heavy atom. The van der Waals surface area contributed by atoms with Crippen molar-refractivity contribution in [2.24, 2.45) is 0 Å². The second-order valence-corrected chi connectivity index (χ2v) is 4.83. The van der Waals surface area contributed by atoms with Crippen LogP contribution in [0.25, 0.3) is 22.3 Å². The van der Waals surface area contributed by atoms with Crippen molar-refractivity contribution < 1.29 is 81.0 Å². The molecule has 0 amide bonds. The number of benzene rings is 2. The molecule has 118 valence electrons. The van der Waals surface area contributed by atoms with E-state index in [0.717, 1.165) is 6.07 Å². The van der Waals surface area contributed by atoms with Crippen molar-refractivity contribution in [1.82, 2.24) is 0 Å². The summed E-state index contributed by atoms with van der Waals surface area (Å²) in [6, 6.07) is 6.13. The van der Waals surface area contributed by atoms with Crippen LogP contribution in [0.2, 0.25) is 0 Å². The molecule has 0 atom stereocenters. The molecule has 1 aromatic heterocycles. The van der Waals surface area contributed by atoms with Crippen molar-refractivity contribution in [1.29, 1.82) is 0 Å². The summed E-state index contributed by atoms with van der Waals surface area (Å²) >= 11 is 0. The average molecular weight is 355 g/mol. The molecule has 0 unspecified atom stereocenters. The topological polar surface area (TPSA) is 120 Å². The molecular formula is C16H12KO7+. The van der Waals surface area contributed by atoms with Crippen LogP contribution in [0.1, 0.15) is 0 Å². The number of aromatic hydroxyl groups is 4. The van der Waals surface area contributed by atoms with Crippen molar-refractivity contribution in [3.05, 3.63) is 40.6 Å². The maximum absolute atomic E-state index is 12.4. The summed E-state index contributed by atoms with van der Waals surface area (Å²) in [5, 5.41) is 38.7. The van der Waals surface area contributed by atoms with E-state index in [1.54, 1.807) is 0 Å². The normalized spacial score (nSPS) is 10.4. The average Bonchev–Trinajstić information content (AvgIpc) is 2.52. The van der Waals surface area contributed by atoms with Crippen LogP contribution in [0, 0.1) is 0 Å². The maximum Gasteiger partial charge on any atom is 1.00 e. The minimum absolute atomic E-state index is 0. The van der Waals surface area contributed by atoms with Gasteiger partial charge >= 0.3 is 51.4 Å². The second kappa shape index (κ2) is 7.04. The summed E-state index contributed by atoms with van der Waals surface area (Å²) in [6.07, 6.45) is 0. The molecule has 2 aromatic carbocycles. The molecule has 7 nitrogen and oxygen atoms in total. The SMILES string of the molecule is COc1cc(O)cc2oc(-c3ccc(O)c(O)c3)c(O)c(=O)c12.[K+]. The van der Waals surface area contributed by atoms with E-state index in [9.17, 15) is 25.2 Å². The predicted octanol–water partition coefficient (Wildman–Crippen LogP) is -0.705. The molecule has 0 saturated carbocycles. The monoisotopic (exact) mass is 355 g/mol. The smallest absolute Gasteiger partial charge is 0.508 e. The molecule has 0 aliphatic heterocycles. The number of ether oxygens (including phenoxy) is 1. The van der Waals surface area contributed by atoms with Crippen LogP contribution in [-0.2, 0) is 0 Å². The number of phenolic OH excluding ortho intramolecular Hbond substituents is 3. The zero-order chi connectivity index (χ0) is 16.7. The Hall–Kier alpha value is -1.71. The van der Waals surface area contributed by atoms with Gasteiger partial charge in [-0.15, -0.1) is 0 Å². The zero-order valence-corrected chi connectivity index (χ0v) is 16.0. The first-order valence-electron chi connectivity index (χ1n) is 6.51. The molecule has 0 bridgehead atoms. The Morgan fingerprint density at radius 1 is 1.00 bits per heavy atom. The van der Waals surface area contributed by atoms with Gasteiger partial charge in [-0.05, 0) is 18.2 Å². The van der Waals surface area contributed by atoms with Crippen molar-refractivity contribution in [3.63, 3.8) is 0 Å². The first-order chi connectivity index (χ1) is 10.9. The molecule has 0 radical (unpaired) electrons. The molecule has 0 aliphatic rings. The Kier molecular flexibility index (Phi) is 5.46. The molecule has 3 aromatic rings. The Bertz CT molecular complexity index is 978. The Morgan fingerprint density at radius 3 is 2.33 bits per heavy atom. The van der Waals surface area contributed by atoms with Gasteiger partial charge in [-0.2, -0.15) is 0 Å². The second-order valence-electron chi connectivity index (χ2n) is 4.83. The molecular weight excluding hydrogens is 343 g/mol. The van der Waals surface area contributed by atoms with E-state index in [4.69, 9.17) is 9.15 Å². The van der Waals surface area contributed by atoms with E-state index in [1.807, 2.05) is 0 Å². The third-order valence-corrected chi connectivity index (χ3v) is 3.38. The number of hydrogen-bond donors (Lipinski definition) is 4. The van der Waals surface area contributed by atoms with Gasteiger partial charge in [0.05, 0.1) is 7.11 Å². The molecule has 0 aliphatic carbocycles. The van der Waals surface area contributed by atoms with Crippen LogP contribution in [0.4, 0.5) is 0 Å². The third-order valence-electron chi connectivity index (χ3n) is 3.38. The molecule has 0 spiro atoms. The van der Waals surface area contributed by atoms with E-state index in [0.29, 0.717) is 0 Å². The fraction of sp³-hybridized carbons (Fsp3) is 0.0625. The summed E-state index contributed by atoms with van der Waals surface area (Å²) in [5.41, 5.74) is -0.558. The number of hydrogen-bond acceptors (Lipinski definition) is 7. The first-order valence-corrected chi connectivity index (χ1v) is 6.51. The molecule has 3 rings (SSSR count). The van der Waals surface area contributed by atoms with Crippen molar-refractivity contribution in [3.8, 4) is 40.1 Å². The van der Waals surface area contributed by atoms with Crippen LogP contribution in [0.5, 0.6) is 28.7 Å². The third kappa shape index (κ3) is 3.11. The van der Waals surface area contributed by atoms with Crippen molar-refractivity contribution in [2.45, 2.75) is 0 Å². The van der Waals surface area contributed by atoms with Gasteiger partial charge in [0.1, 0.15) is 22.5 Å². The minimum atomic E-state index is -0.745. The minimum Gasteiger partial charge on any atom is -0.508 e. The molecule has 0 fully saturated rings. The quantitative estimate of drug-likeness (QED) is 0.354. The van der Waals surface area contributed by atoms with E-state index in [-0.39, 0.29) is 90.9 Å². The summed E-state index contributed by atoms with van der Waals surface area (Å²) in [5.74, 6) is -1.78. The Balaban J connectivity index is 0.00000208. The number of phenols is 3. The number of methoxy groups -OCH3 is 1. The van der Waals surface area contributed by atoms with Gasteiger partial charge in [-0.25, -0.2) is 0 Å². The molecule has 4 N–H and O–H groups in total. The van der Waals surface area contributed by atoms with Crippen LogP contribution in [0.15, 0.2) is 39.5 Å². The number of fused-ring (bicyclic) bond motifs is 1. The predicted molar refractivity (Wildman–Crippen MR) is 81.1 cm³/mol. The fourth-order valence-corrected chi connectivity index (χ4v) is 2.28. The molecule has 0 saturated heterocycles. The van der Waals surface area contributed by atoms with Gasteiger partial charge in [0.15, 0.2) is 17.3 Å². The van der Waals surface area contributed by atoms with Gasteiger partial charge in [-0.3, -0.25) is 4.79 Å². The van der Waals surface area contributed by atoms with Gasteiger partial charge in [0.2, 0.25) is 11.2 Å². The summed E-state index contributed by atoms with van der Waals surface area (Å²) < 4.78 is 10.5. The van der Waals surface area contributed by atoms with E-state index in [1.165, 1.54) is 31.4 Å². The van der Waals surface area contributed by atoms with Crippen LogP contribution in [-0.4, -0.2) is 27.5 Å². The van der Waals surface area contributed by atoms with Gasteiger partial charge in [0.25, 0.3) is 0 Å². The largest absolute Gasteiger partial charge is 1.00 e. The first kappa shape index (κ1) is 18.6. The van der Waals surface area contributed by atoms with Crippen LogP contribution >= 0.6 is 0 Å². The Labute approximate surface area is 178 Å². The van der Waals surface area contributed by atoms with E-state index in [2.05, 4.69) is 0 Å². The maximum atomic E-state index is 12.4. The molecule has 8 heteroatoms.